The Morgan fingerprint density at radius 2 is 2.28 bits per heavy atom. The highest BCUT2D eigenvalue weighted by Crippen LogP contribution is 2.23. The van der Waals surface area contributed by atoms with E-state index >= 15 is 0 Å². The molecule has 0 saturated carbocycles. The van der Waals surface area contributed by atoms with Crippen LogP contribution in [0, 0.1) is 0 Å². The van der Waals surface area contributed by atoms with Gasteiger partial charge in [0.15, 0.2) is 11.0 Å². The highest BCUT2D eigenvalue weighted by molar-refractivity contribution is 6.30. The molecule has 2 aromatic heterocycles. The van der Waals surface area contributed by atoms with E-state index < -0.39 is 5.97 Å². The normalized spacial score (nSPS) is 10.6. The highest BCUT2D eigenvalue weighted by atomic mass is 35.5. The van der Waals surface area contributed by atoms with E-state index in [9.17, 15) is 4.79 Å². The third kappa shape index (κ3) is 2.51. The van der Waals surface area contributed by atoms with E-state index in [1.807, 2.05) is 18.2 Å². The molecule has 2 heterocycles. The molecule has 0 fully saturated rings. The van der Waals surface area contributed by atoms with Gasteiger partial charge in [-0.25, -0.2) is 4.98 Å². The van der Waals surface area contributed by atoms with Crippen molar-refractivity contribution in [3.05, 3.63) is 35.2 Å². The van der Waals surface area contributed by atoms with Crippen LogP contribution in [0.15, 0.2) is 24.4 Å². The monoisotopic (exact) mass is 265 g/mol. The number of carboxylic acids is 1. The Labute approximate surface area is 109 Å². The third-order valence-electron chi connectivity index (χ3n) is 2.63. The van der Waals surface area contributed by atoms with Gasteiger partial charge < -0.3 is 9.67 Å². The minimum atomic E-state index is -0.855. The number of aromatic nitrogens is 3. The summed E-state index contributed by atoms with van der Waals surface area (Å²) in [5.74, 6) is -0.215. The second-order valence-corrected chi connectivity index (χ2v) is 4.20. The minimum absolute atomic E-state index is 0.0287. The van der Waals surface area contributed by atoms with Crippen LogP contribution in [-0.4, -0.2) is 25.6 Å². The molecule has 0 amide bonds. The summed E-state index contributed by atoms with van der Waals surface area (Å²) in [6.07, 6.45) is 2.06. The van der Waals surface area contributed by atoms with Crippen molar-refractivity contribution < 1.29 is 9.90 Å². The quantitative estimate of drug-likeness (QED) is 0.920. The fraction of sp³-hybridized carbons (Fsp3) is 0.250. The zero-order valence-electron chi connectivity index (χ0n) is 9.80. The van der Waals surface area contributed by atoms with Crippen LogP contribution in [0.5, 0.6) is 0 Å². The molecule has 0 aromatic carbocycles. The predicted molar refractivity (Wildman–Crippen MR) is 67.4 cm³/mol. The second-order valence-electron chi connectivity index (χ2n) is 3.84. The number of nitrogens with zero attached hydrogens (tertiary/aromatic N) is 3. The molecule has 0 aliphatic carbocycles. The van der Waals surface area contributed by atoms with Gasteiger partial charge in [0.2, 0.25) is 0 Å². The summed E-state index contributed by atoms with van der Waals surface area (Å²) >= 11 is 6.03. The number of aliphatic carboxylic acids is 1. The van der Waals surface area contributed by atoms with Gasteiger partial charge in [0.1, 0.15) is 5.69 Å². The lowest BCUT2D eigenvalue weighted by Gasteiger charge is -2.04. The maximum Gasteiger partial charge on any atom is 0.303 e. The van der Waals surface area contributed by atoms with Crippen molar-refractivity contribution in [1.29, 1.82) is 0 Å². The Morgan fingerprint density at radius 3 is 2.89 bits per heavy atom. The number of rotatable bonds is 4. The molecular weight excluding hydrogens is 254 g/mol. The average molecular weight is 266 g/mol. The van der Waals surface area contributed by atoms with E-state index in [1.54, 1.807) is 17.8 Å². The van der Waals surface area contributed by atoms with Crippen molar-refractivity contribution in [3.8, 4) is 11.5 Å². The first-order valence-electron chi connectivity index (χ1n) is 5.44. The molecule has 0 atom stereocenters. The van der Waals surface area contributed by atoms with Crippen molar-refractivity contribution in [1.82, 2.24) is 14.5 Å². The Kier molecular flexibility index (Phi) is 3.62. The topological polar surface area (TPSA) is 68.0 Å². The van der Waals surface area contributed by atoms with Crippen LogP contribution in [0.4, 0.5) is 0 Å². The van der Waals surface area contributed by atoms with Crippen LogP contribution in [0.25, 0.3) is 11.5 Å². The highest BCUT2D eigenvalue weighted by Gasteiger charge is 2.15. The van der Waals surface area contributed by atoms with E-state index in [2.05, 4.69) is 9.97 Å². The van der Waals surface area contributed by atoms with E-state index in [1.165, 1.54) is 0 Å². The molecular formula is C12H12ClN3O2. The van der Waals surface area contributed by atoms with Gasteiger partial charge in [-0.3, -0.25) is 9.78 Å². The number of pyridine rings is 1. The van der Waals surface area contributed by atoms with Gasteiger partial charge in [0.05, 0.1) is 12.1 Å². The number of imidazole rings is 1. The molecule has 5 nitrogen and oxygen atoms in total. The fourth-order valence-electron chi connectivity index (χ4n) is 1.72. The Balaban J connectivity index is 2.35. The van der Waals surface area contributed by atoms with Crippen molar-refractivity contribution in [2.75, 3.05) is 0 Å². The standard InChI is InChI=1S/C12H12ClN3O2/c1-16-9(5-6-10(17)18)11(13)15-12(16)8-4-2-3-7-14-8/h2-4,7H,5-6H2,1H3,(H,17,18). The summed E-state index contributed by atoms with van der Waals surface area (Å²) in [4.78, 5) is 19.0. The number of halogens is 1. The van der Waals surface area contributed by atoms with E-state index in [0.717, 1.165) is 0 Å². The number of hydrogen-bond acceptors (Lipinski definition) is 3. The predicted octanol–water partition coefficient (Wildman–Crippen LogP) is 2.15. The fourth-order valence-corrected chi connectivity index (χ4v) is 2.02. The van der Waals surface area contributed by atoms with Crippen molar-refractivity contribution in [3.63, 3.8) is 0 Å². The molecule has 0 saturated heterocycles. The lowest BCUT2D eigenvalue weighted by atomic mass is 10.2. The maximum absolute atomic E-state index is 10.6. The summed E-state index contributed by atoms with van der Waals surface area (Å²) in [7, 11) is 1.81. The molecule has 6 heteroatoms. The Bertz CT molecular complexity index is 566. The SMILES string of the molecule is Cn1c(-c2ccccn2)nc(Cl)c1CCC(=O)O. The van der Waals surface area contributed by atoms with Gasteiger partial charge in [-0.05, 0) is 12.1 Å². The number of carbonyl (C=O) groups is 1. The first-order valence-corrected chi connectivity index (χ1v) is 5.81. The first kappa shape index (κ1) is 12.6. The van der Waals surface area contributed by atoms with Crippen molar-refractivity contribution in [2.24, 2.45) is 7.05 Å². The van der Waals surface area contributed by atoms with Gasteiger partial charge in [0, 0.05) is 19.7 Å². The molecule has 0 radical (unpaired) electrons. The van der Waals surface area contributed by atoms with Crippen LogP contribution in [0.2, 0.25) is 5.15 Å². The third-order valence-corrected chi connectivity index (χ3v) is 2.94. The summed E-state index contributed by atoms with van der Waals surface area (Å²) in [5.41, 5.74) is 1.42. The number of carboxylic acid groups (broad SMARTS) is 1. The maximum atomic E-state index is 10.6. The Morgan fingerprint density at radius 1 is 1.50 bits per heavy atom. The number of hydrogen-bond donors (Lipinski definition) is 1. The smallest absolute Gasteiger partial charge is 0.303 e. The summed E-state index contributed by atoms with van der Waals surface area (Å²) < 4.78 is 1.79. The molecule has 2 rings (SSSR count). The lowest BCUT2D eigenvalue weighted by Crippen LogP contribution is -2.03. The molecule has 1 N–H and O–H groups in total. The molecule has 0 unspecified atom stereocenters. The van der Waals surface area contributed by atoms with E-state index in [4.69, 9.17) is 16.7 Å². The molecule has 0 aliphatic rings. The largest absolute Gasteiger partial charge is 0.481 e. The van der Waals surface area contributed by atoms with Crippen LogP contribution >= 0.6 is 11.6 Å². The Hall–Kier alpha value is -1.88. The van der Waals surface area contributed by atoms with Crippen LogP contribution in [0.3, 0.4) is 0 Å². The van der Waals surface area contributed by atoms with Gasteiger partial charge >= 0.3 is 5.97 Å². The van der Waals surface area contributed by atoms with Gasteiger partial charge in [0.25, 0.3) is 0 Å². The molecule has 0 spiro atoms. The summed E-state index contributed by atoms with van der Waals surface area (Å²) in [6, 6.07) is 5.51. The molecule has 0 aliphatic heterocycles. The molecule has 94 valence electrons. The van der Waals surface area contributed by atoms with Gasteiger partial charge in [-0.1, -0.05) is 17.7 Å². The van der Waals surface area contributed by atoms with Crippen LogP contribution in [0.1, 0.15) is 12.1 Å². The molecule has 18 heavy (non-hydrogen) atoms. The van der Waals surface area contributed by atoms with Crippen molar-refractivity contribution in [2.45, 2.75) is 12.8 Å². The van der Waals surface area contributed by atoms with Gasteiger partial charge in [-0.15, -0.1) is 0 Å². The van der Waals surface area contributed by atoms with Crippen LogP contribution < -0.4 is 0 Å². The van der Waals surface area contributed by atoms with Crippen LogP contribution in [-0.2, 0) is 18.3 Å². The zero-order valence-corrected chi connectivity index (χ0v) is 10.6. The summed E-state index contributed by atoms with van der Waals surface area (Å²) in [5, 5.41) is 9.03. The summed E-state index contributed by atoms with van der Waals surface area (Å²) in [6.45, 7) is 0. The molecule has 2 aromatic rings. The average Bonchev–Trinajstić information content (AvgIpc) is 2.63. The van der Waals surface area contributed by atoms with Crippen molar-refractivity contribution >= 4 is 17.6 Å². The molecule has 0 bridgehead atoms. The van der Waals surface area contributed by atoms with Gasteiger partial charge in [-0.2, -0.15) is 0 Å². The lowest BCUT2D eigenvalue weighted by molar-refractivity contribution is -0.136. The van der Waals surface area contributed by atoms with E-state index in [-0.39, 0.29) is 6.42 Å². The minimum Gasteiger partial charge on any atom is -0.481 e. The zero-order chi connectivity index (χ0) is 13.1. The first-order chi connectivity index (χ1) is 8.59. The van der Waals surface area contributed by atoms with E-state index in [0.29, 0.717) is 28.8 Å². The second kappa shape index (κ2) is 5.18.